The van der Waals surface area contributed by atoms with Gasteiger partial charge in [-0.2, -0.15) is 0 Å². The summed E-state index contributed by atoms with van der Waals surface area (Å²) in [4.78, 5) is 17.0. The molecule has 6 rings (SSSR count). The average Bonchev–Trinajstić information content (AvgIpc) is 3.46. The van der Waals surface area contributed by atoms with E-state index in [9.17, 15) is 4.79 Å². The number of aromatic nitrogens is 1. The van der Waals surface area contributed by atoms with Crippen molar-refractivity contribution >= 4 is 11.6 Å². The Balaban J connectivity index is 1.30. The van der Waals surface area contributed by atoms with Gasteiger partial charge in [-0.3, -0.25) is 9.78 Å². The summed E-state index contributed by atoms with van der Waals surface area (Å²) in [6, 6.07) is 21.4. The molecule has 2 N–H and O–H groups in total. The Hall–Kier alpha value is -3.14. The molecule has 156 valence electrons. The standard InChI is InChI=1S/C27H27N3O/c31-27(29-16-17-5-4-12-28-15-17)21-10-11-23-22(14-21)24-19-8-9-20(13-19)25(24)26(30-23)18-6-2-1-3-7-18/h1-7,10-12,14-15,19-20,24-26,30H,8-9,13,16H2,(H,29,31)/t19-,20-,24-,25-,26+/m1/s1. The van der Waals surface area contributed by atoms with E-state index >= 15 is 0 Å². The van der Waals surface area contributed by atoms with Crippen LogP contribution in [0.5, 0.6) is 0 Å². The van der Waals surface area contributed by atoms with Gasteiger partial charge in [-0.1, -0.05) is 36.4 Å². The maximum atomic E-state index is 12.9. The molecule has 1 amide bonds. The van der Waals surface area contributed by atoms with Crippen LogP contribution in [0.15, 0.2) is 73.1 Å². The van der Waals surface area contributed by atoms with Crippen LogP contribution in [0.25, 0.3) is 0 Å². The Bertz CT molecular complexity index is 1100. The van der Waals surface area contributed by atoms with Crippen LogP contribution in [0.1, 0.15) is 58.3 Å². The molecule has 2 aromatic carbocycles. The smallest absolute Gasteiger partial charge is 0.251 e. The first kappa shape index (κ1) is 18.6. The molecule has 2 aliphatic carbocycles. The van der Waals surface area contributed by atoms with E-state index in [-0.39, 0.29) is 5.91 Å². The van der Waals surface area contributed by atoms with E-state index in [1.54, 1.807) is 12.4 Å². The summed E-state index contributed by atoms with van der Waals surface area (Å²) in [7, 11) is 0. The maximum absolute atomic E-state index is 12.9. The summed E-state index contributed by atoms with van der Waals surface area (Å²) in [5.41, 5.74) is 5.69. The van der Waals surface area contributed by atoms with Crippen molar-refractivity contribution in [2.45, 2.75) is 37.8 Å². The predicted octanol–water partition coefficient (Wildman–Crippen LogP) is 5.31. The van der Waals surface area contributed by atoms with Gasteiger partial charge in [-0.05, 0) is 83.9 Å². The Kier molecular flexibility index (Phi) is 4.52. The molecular formula is C27H27N3O. The topological polar surface area (TPSA) is 54.0 Å². The molecule has 31 heavy (non-hydrogen) atoms. The van der Waals surface area contributed by atoms with Crippen LogP contribution in [0.4, 0.5) is 5.69 Å². The summed E-state index contributed by atoms with van der Waals surface area (Å²) in [5, 5.41) is 6.90. The van der Waals surface area contributed by atoms with Crippen LogP contribution >= 0.6 is 0 Å². The molecule has 0 saturated heterocycles. The Morgan fingerprint density at radius 1 is 1.03 bits per heavy atom. The van der Waals surface area contributed by atoms with Crippen molar-refractivity contribution in [3.05, 3.63) is 95.3 Å². The van der Waals surface area contributed by atoms with Crippen molar-refractivity contribution in [2.75, 3.05) is 5.32 Å². The van der Waals surface area contributed by atoms with Gasteiger partial charge in [0.2, 0.25) is 0 Å². The molecular weight excluding hydrogens is 382 g/mol. The SMILES string of the molecule is O=C(NCc1cccnc1)c1ccc2c(c1)[C@H]1[C@@H]3CC[C@H](C3)[C@H]1[C@H](c1ccccc1)N2. The number of nitrogens with zero attached hydrogens (tertiary/aromatic N) is 1. The summed E-state index contributed by atoms with van der Waals surface area (Å²) < 4.78 is 0. The van der Waals surface area contributed by atoms with E-state index in [0.717, 1.165) is 23.0 Å². The third-order valence-electron chi connectivity index (χ3n) is 7.68. The zero-order valence-electron chi connectivity index (χ0n) is 17.5. The van der Waals surface area contributed by atoms with E-state index in [2.05, 4.69) is 58.1 Å². The molecule has 2 bridgehead atoms. The molecule has 0 spiro atoms. The predicted molar refractivity (Wildman–Crippen MR) is 122 cm³/mol. The molecule has 3 aromatic rings. The molecule has 0 unspecified atom stereocenters. The number of rotatable bonds is 4. The van der Waals surface area contributed by atoms with Crippen LogP contribution in [0.3, 0.4) is 0 Å². The highest BCUT2D eigenvalue weighted by Crippen LogP contribution is 2.63. The molecule has 2 heterocycles. The van der Waals surface area contributed by atoms with E-state index in [1.807, 2.05) is 18.2 Å². The molecule has 4 heteroatoms. The number of hydrogen-bond donors (Lipinski definition) is 2. The van der Waals surface area contributed by atoms with E-state index in [1.165, 1.54) is 36.1 Å². The second-order valence-corrected chi connectivity index (χ2v) is 9.32. The molecule has 2 saturated carbocycles. The van der Waals surface area contributed by atoms with Crippen molar-refractivity contribution in [1.29, 1.82) is 0 Å². The first-order chi connectivity index (χ1) is 15.3. The van der Waals surface area contributed by atoms with Crippen molar-refractivity contribution in [2.24, 2.45) is 17.8 Å². The number of fused-ring (bicyclic) bond motifs is 7. The van der Waals surface area contributed by atoms with E-state index in [0.29, 0.717) is 24.4 Å². The van der Waals surface area contributed by atoms with Gasteiger partial charge in [0.25, 0.3) is 5.91 Å². The average molecular weight is 410 g/mol. The quantitative estimate of drug-likeness (QED) is 0.614. The minimum Gasteiger partial charge on any atom is -0.378 e. The number of carbonyl (C=O) groups is 1. The van der Waals surface area contributed by atoms with Crippen molar-refractivity contribution < 1.29 is 4.79 Å². The van der Waals surface area contributed by atoms with Gasteiger partial charge in [0, 0.05) is 30.2 Å². The number of nitrogens with one attached hydrogen (secondary N) is 2. The Labute approximate surface area is 183 Å². The summed E-state index contributed by atoms with van der Waals surface area (Å²) >= 11 is 0. The largest absolute Gasteiger partial charge is 0.378 e. The van der Waals surface area contributed by atoms with Crippen molar-refractivity contribution in [3.8, 4) is 0 Å². The van der Waals surface area contributed by atoms with Gasteiger partial charge in [0.15, 0.2) is 0 Å². The highest BCUT2D eigenvalue weighted by atomic mass is 16.1. The van der Waals surface area contributed by atoms with Crippen LogP contribution in [-0.2, 0) is 6.54 Å². The highest BCUT2D eigenvalue weighted by molar-refractivity contribution is 5.95. The second-order valence-electron chi connectivity index (χ2n) is 9.32. The number of hydrogen-bond acceptors (Lipinski definition) is 3. The van der Waals surface area contributed by atoms with E-state index in [4.69, 9.17) is 0 Å². The number of anilines is 1. The minimum absolute atomic E-state index is 0.0171. The van der Waals surface area contributed by atoms with Crippen molar-refractivity contribution in [3.63, 3.8) is 0 Å². The van der Waals surface area contributed by atoms with Gasteiger partial charge >= 0.3 is 0 Å². The van der Waals surface area contributed by atoms with Gasteiger partial charge in [-0.25, -0.2) is 0 Å². The van der Waals surface area contributed by atoms with Gasteiger partial charge in [0.1, 0.15) is 0 Å². The van der Waals surface area contributed by atoms with Crippen molar-refractivity contribution in [1.82, 2.24) is 10.3 Å². The lowest BCUT2D eigenvalue weighted by molar-refractivity contribution is 0.0950. The number of carbonyl (C=O) groups excluding carboxylic acids is 1. The maximum Gasteiger partial charge on any atom is 0.251 e. The zero-order chi connectivity index (χ0) is 20.8. The first-order valence-electron chi connectivity index (χ1n) is 11.4. The molecule has 1 aliphatic heterocycles. The fraction of sp³-hybridized carbons (Fsp3) is 0.333. The minimum atomic E-state index is -0.0171. The molecule has 2 fully saturated rings. The van der Waals surface area contributed by atoms with Gasteiger partial charge in [-0.15, -0.1) is 0 Å². The lowest BCUT2D eigenvalue weighted by atomic mass is 9.68. The van der Waals surface area contributed by atoms with Crippen LogP contribution < -0.4 is 10.6 Å². The number of benzene rings is 2. The Morgan fingerprint density at radius 3 is 2.74 bits per heavy atom. The van der Waals surface area contributed by atoms with Gasteiger partial charge < -0.3 is 10.6 Å². The zero-order valence-corrected chi connectivity index (χ0v) is 17.5. The molecule has 4 nitrogen and oxygen atoms in total. The molecule has 1 aromatic heterocycles. The monoisotopic (exact) mass is 409 g/mol. The Morgan fingerprint density at radius 2 is 1.90 bits per heavy atom. The van der Waals surface area contributed by atoms with Crippen LogP contribution in [0.2, 0.25) is 0 Å². The third-order valence-corrected chi connectivity index (χ3v) is 7.68. The summed E-state index contributed by atoms with van der Waals surface area (Å²) in [6.07, 6.45) is 7.54. The fourth-order valence-corrected chi connectivity index (χ4v) is 6.40. The van der Waals surface area contributed by atoms with Gasteiger partial charge in [0.05, 0.1) is 6.04 Å². The van der Waals surface area contributed by atoms with E-state index < -0.39 is 0 Å². The number of amides is 1. The summed E-state index contributed by atoms with van der Waals surface area (Å²) in [5.74, 6) is 2.67. The second kappa shape index (κ2) is 7.52. The summed E-state index contributed by atoms with van der Waals surface area (Å²) in [6.45, 7) is 0.495. The molecule has 5 atom stereocenters. The van der Waals surface area contributed by atoms with Crippen LogP contribution in [-0.4, -0.2) is 10.9 Å². The fourth-order valence-electron chi connectivity index (χ4n) is 6.40. The lowest BCUT2D eigenvalue weighted by Gasteiger charge is -2.43. The number of pyridine rings is 1. The first-order valence-corrected chi connectivity index (χ1v) is 11.4. The molecule has 0 radical (unpaired) electrons. The normalized spacial score (nSPS) is 27.8. The third kappa shape index (κ3) is 3.21. The van der Waals surface area contributed by atoms with Crippen LogP contribution in [0, 0.1) is 17.8 Å². The highest BCUT2D eigenvalue weighted by Gasteiger charge is 2.53. The lowest BCUT2D eigenvalue weighted by Crippen LogP contribution is -2.35. The molecule has 3 aliphatic rings.